The average Bonchev–Trinajstić information content (AvgIpc) is 2.67. The number of ether oxygens (including phenoxy) is 2. The fourth-order valence-electron chi connectivity index (χ4n) is 2.66. The van der Waals surface area contributed by atoms with Gasteiger partial charge >= 0.3 is 0 Å². The van der Waals surface area contributed by atoms with E-state index in [9.17, 15) is 9.59 Å². The number of rotatable bonds is 9. The van der Waals surface area contributed by atoms with Crippen LogP contribution in [0.2, 0.25) is 0 Å². The van der Waals surface area contributed by atoms with Gasteiger partial charge in [-0.1, -0.05) is 12.1 Å². The molecule has 0 heterocycles. The molecule has 0 radical (unpaired) electrons. The van der Waals surface area contributed by atoms with Gasteiger partial charge in [-0.15, -0.1) is 0 Å². The van der Waals surface area contributed by atoms with Crippen molar-refractivity contribution in [3.63, 3.8) is 0 Å². The Bertz CT molecular complexity index is 742. The summed E-state index contributed by atoms with van der Waals surface area (Å²) in [4.78, 5) is 25.7. The molecule has 2 rings (SSSR count). The first-order valence-corrected chi connectivity index (χ1v) is 8.94. The third-order valence-corrected chi connectivity index (χ3v) is 4.02. The zero-order chi connectivity index (χ0) is 19.6. The van der Waals surface area contributed by atoms with Gasteiger partial charge in [-0.2, -0.15) is 0 Å². The molecule has 2 amide bonds. The third kappa shape index (κ3) is 6.33. The number of methoxy groups -OCH3 is 1. The monoisotopic (exact) mass is 370 g/mol. The predicted molar refractivity (Wildman–Crippen MR) is 105 cm³/mol. The Morgan fingerprint density at radius 2 is 1.63 bits per heavy atom. The number of amides is 2. The van der Waals surface area contributed by atoms with Gasteiger partial charge < -0.3 is 19.7 Å². The van der Waals surface area contributed by atoms with Crippen LogP contribution in [0, 0.1) is 0 Å². The second-order valence-electron chi connectivity index (χ2n) is 5.97. The maximum atomic E-state index is 12.1. The van der Waals surface area contributed by atoms with Gasteiger partial charge in [-0.25, -0.2) is 0 Å². The first-order valence-electron chi connectivity index (χ1n) is 8.94. The second-order valence-corrected chi connectivity index (χ2v) is 5.97. The van der Waals surface area contributed by atoms with Gasteiger partial charge in [0.05, 0.1) is 20.1 Å². The summed E-state index contributed by atoms with van der Waals surface area (Å²) in [5.74, 6) is 1.35. The Kier molecular flexibility index (Phi) is 7.67. The zero-order valence-corrected chi connectivity index (χ0v) is 16.0. The van der Waals surface area contributed by atoms with Crippen molar-refractivity contribution in [2.45, 2.75) is 20.3 Å². The Labute approximate surface area is 160 Å². The quantitative estimate of drug-likeness (QED) is 0.737. The highest BCUT2D eigenvalue weighted by Crippen LogP contribution is 2.19. The van der Waals surface area contributed by atoms with Crippen molar-refractivity contribution < 1.29 is 19.1 Å². The van der Waals surface area contributed by atoms with Gasteiger partial charge in [0, 0.05) is 25.7 Å². The highest BCUT2D eigenvalue weighted by atomic mass is 16.5. The highest BCUT2D eigenvalue weighted by Gasteiger charge is 2.12. The molecule has 0 unspecified atom stereocenters. The molecule has 27 heavy (non-hydrogen) atoms. The van der Waals surface area contributed by atoms with E-state index >= 15 is 0 Å². The molecule has 6 nitrogen and oxygen atoms in total. The fourth-order valence-corrected chi connectivity index (χ4v) is 2.66. The van der Waals surface area contributed by atoms with Crippen LogP contribution in [0.3, 0.4) is 0 Å². The van der Waals surface area contributed by atoms with E-state index in [4.69, 9.17) is 9.47 Å². The van der Waals surface area contributed by atoms with Crippen molar-refractivity contribution in [3.05, 3.63) is 54.1 Å². The van der Waals surface area contributed by atoms with Crippen LogP contribution >= 0.6 is 0 Å². The van der Waals surface area contributed by atoms with Crippen molar-refractivity contribution >= 4 is 17.5 Å². The smallest absolute Gasteiger partial charge is 0.224 e. The van der Waals surface area contributed by atoms with Crippen LogP contribution in [0.15, 0.2) is 48.5 Å². The first kappa shape index (κ1) is 20.3. The topological polar surface area (TPSA) is 67.9 Å². The lowest BCUT2D eigenvalue weighted by atomic mass is 10.1. The summed E-state index contributed by atoms with van der Waals surface area (Å²) in [6.45, 7) is 4.80. The molecule has 6 heteroatoms. The number of hydrogen-bond acceptors (Lipinski definition) is 4. The van der Waals surface area contributed by atoms with Gasteiger partial charge in [-0.05, 0) is 48.9 Å². The molecular weight excluding hydrogens is 344 g/mol. The summed E-state index contributed by atoms with van der Waals surface area (Å²) in [5.41, 5.74) is 1.68. The summed E-state index contributed by atoms with van der Waals surface area (Å²) in [7, 11) is 1.60. The standard InChI is InChI=1S/C21H26N2O4/c1-4-27-20-11-7-18(8-12-20)23(16(2)24)14-13-22-21(25)15-17-5-9-19(26-3)10-6-17/h5-12H,4,13-15H2,1-3H3,(H,22,25). The van der Waals surface area contributed by atoms with E-state index in [1.54, 1.807) is 12.0 Å². The minimum absolute atomic E-state index is 0.0800. The number of anilines is 1. The molecule has 0 aliphatic carbocycles. The SMILES string of the molecule is CCOc1ccc(N(CCNC(=O)Cc2ccc(OC)cc2)C(C)=O)cc1. The Balaban J connectivity index is 1.86. The molecule has 1 N–H and O–H groups in total. The van der Waals surface area contributed by atoms with Crippen LogP contribution in [-0.2, 0) is 16.0 Å². The van der Waals surface area contributed by atoms with Gasteiger partial charge in [0.25, 0.3) is 0 Å². The van der Waals surface area contributed by atoms with E-state index in [1.807, 2.05) is 55.5 Å². The van der Waals surface area contributed by atoms with Crippen LogP contribution in [-0.4, -0.2) is 38.6 Å². The molecule has 0 aromatic heterocycles. The molecule has 0 aliphatic heterocycles. The van der Waals surface area contributed by atoms with Crippen molar-refractivity contribution in [1.29, 1.82) is 0 Å². The summed E-state index contributed by atoms with van der Waals surface area (Å²) < 4.78 is 10.5. The molecule has 0 bridgehead atoms. The Morgan fingerprint density at radius 3 is 2.19 bits per heavy atom. The Morgan fingerprint density at radius 1 is 1.00 bits per heavy atom. The maximum Gasteiger partial charge on any atom is 0.224 e. The molecule has 0 spiro atoms. The number of benzene rings is 2. The Hall–Kier alpha value is -3.02. The first-order chi connectivity index (χ1) is 13.0. The molecular formula is C21H26N2O4. The van der Waals surface area contributed by atoms with Crippen molar-refractivity contribution in [2.75, 3.05) is 31.7 Å². The summed E-state index contributed by atoms with van der Waals surface area (Å²) >= 11 is 0. The predicted octanol–water partition coefficient (Wildman–Crippen LogP) is 2.81. The van der Waals surface area contributed by atoms with Gasteiger partial charge in [0.1, 0.15) is 11.5 Å². The third-order valence-electron chi connectivity index (χ3n) is 4.02. The highest BCUT2D eigenvalue weighted by molar-refractivity contribution is 5.91. The average molecular weight is 370 g/mol. The number of nitrogens with zero attached hydrogens (tertiary/aromatic N) is 1. The molecule has 0 fully saturated rings. The number of carbonyl (C=O) groups is 2. The minimum Gasteiger partial charge on any atom is -0.497 e. The molecule has 0 aliphatic rings. The van der Waals surface area contributed by atoms with Crippen LogP contribution in [0.1, 0.15) is 19.4 Å². The lowest BCUT2D eigenvalue weighted by Crippen LogP contribution is -2.38. The van der Waals surface area contributed by atoms with Crippen LogP contribution in [0.4, 0.5) is 5.69 Å². The fraction of sp³-hybridized carbons (Fsp3) is 0.333. The maximum absolute atomic E-state index is 12.1. The summed E-state index contributed by atoms with van der Waals surface area (Å²) in [6.07, 6.45) is 0.285. The molecule has 0 saturated carbocycles. The van der Waals surface area contributed by atoms with Crippen molar-refractivity contribution in [3.8, 4) is 11.5 Å². The number of nitrogens with one attached hydrogen (secondary N) is 1. The van der Waals surface area contributed by atoms with Crippen molar-refractivity contribution in [1.82, 2.24) is 5.32 Å². The van der Waals surface area contributed by atoms with E-state index < -0.39 is 0 Å². The van der Waals surface area contributed by atoms with E-state index in [0.717, 1.165) is 22.7 Å². The second kappa shape index (κ2) is 10.2. The van der Waals surface area contributed by atoms with E-state index in [-0.39, 0.29) is 18.2 Å². The largest absolute Gasteiger partial charge is 0.497 e. The number of hydrogen-bond donors (Lipinski definition) is 1. The van der Waals surface area contributed by atoms with Gasteiger partial charge in [-0.3, -0.25) is 9.59 Å². The molecule has 0 atom stereocenters. The summed E-state index contributed by atoms with van der Waals surface area (Å²) in [5, 5.41) is 2.86. The lowest BCUT2D eigenvalue weighted by molar-refractivity contribution is -0.121. The van der Waals surface area contributed by atoms with Gasteiger partial charge in [0.15, 0.2) is 0 Å². The molecule has 2 aromatic carbocycles. The molecule has 2 aromatic rings. The van der Waals surface area contributed by atoms with Crippen LogP contribution in [0.25, 0.3) is 0 Å². The van der Waals surface area contributed by atoms with Crippen LogP contribution < -0.4 is 19.7 Å². The van der Waals surface area contributed by atoms with Crippen molar-refractivity contribution in [2.24, 2.45) is 0 Å². The number of carbonyl (C=O) groups excluding carboxylic acids is 2. The van der Waals surface area contributed by atoms with E-state index in [0.29, 0.717) is 19.7 Å². The molecule has 144 valence electrons. The van der Waals surface area contributed by atoms with Gasteiger partial charge in [0.2, 0.25) is 11.8 Å². The summed E-state index contributed by atoms with van der Waals surface area (Å²) in [6, 6.07) is 14.7. The lowest BCUT2D eigenvalue weighted by Gasteiger charge is -2.21. The van der Waals surface area contributed by atoms with E-state index in [2.05, 4.69) is 5.32 Å². The zero-order valence-electron chi connectivity index (χ0n) is 16.0. The van der Waals surface area contributed by atoms with E-state index in [1.165, 1.54) is 6.92 Å². The normalized spacial score (nSPS) is 10.2. The minimum atomic E-state index is -0.0876. The molecule has 0 saturated heterocycles. The van der Waals surface area contributed by atoms with Crippen LogP contribution in [0.5, 0.6) is 11.5 Å².